The Labute approximate surface area is 117 Å². The second-order valence-electron chi connectivity index (χ2n) is 3.36. The third kappa shape index (κ3) is 3.51. The summed E-state index contributed by atoms with van der Waals surface area (Å²) in [6, 6.07) is 9.38. The molecule has 0 fully saturated rings. The van der Waals surface area contributed by atoms with Crippen LogP contribution >= 0.6 is 31.9 Å². The summed E-state index contributed by atoms with van der Waals surface area (Å²) in [4.78, 5) is 8.53. The summed E-state index contributed by atoms with van der Waals surface area (Å²) in [6.07, 6.45) is 0.772. The smallest absolute Gasteiger partial charge is 0.223 e. The van der Waals surface area contributed by atoms with Crippen molar-refractivity contribution in [2.24, 2.45) is 0 Å². The molecule has 0 N–H and O–H groups in total. The molecule has 0 unspecified atom stereocenters. The van der Waals surface area contributed by atoms with Crippen molar-refractivity contribution in [1.82, 2.24) is 9.97 Å². The van der Waals surface area contributed by atoms with Gasteiger partial charge in [-0.3, -0.25) is 0 Å². The average Bonchev–Trinajstić information content (AvgIpc) is 2.28. The Morgan fingerprint density at radius 2 is 2.00 bits per heavy atom. The Hall–Kier alpha value is -0.940. The van der Waals surface area contributed by atoms with E-state index in [0.29, 0.717) is 5.88 Å². The van der Waals surface area contributed by atoms with Crippen molar-refractivity contribution in [3.8, 4) is 11.6 Å². The van der Waals surface area contributed by atoms with Gasteiger partial charge in [-0.05, 0) is 34.1 Å². The number of aryl methyl sites for hydroxylation is 1. The highest BCUT2D eigenvalue weighted by Crippen LogP contribution is 2.24. The monoisotopic (exact) mass is 356 g/mol. The van der Waals surface area contributed by atoms with E-state index in [1.807, 2.05) is 31.2 Å². The summed E-state index contributed by atoms with van der Waals surface area (Å²) >= 11 is 6.74. The number of aromatic nitrogens is 2. The van der Waals surface area contributed by atoms with Gasteiger partial charge in [-0.25, -0.2) is 4.98 Å². The number of halogens is 2. The minimum absolute atomic E-state index is 0.543. The second kappa shape index (κ2) is 5.60. The van der Waals surface area contributed by atoms with Crippen LogP contribution in [0.2, 0.25) is 0 Å². The van der Waals surface area contributed by atoms with Crippen LogP contribution in [0.5, 0.6) is 11.6 Å². The van der Waals surface area contributed by atoms with E-state index < -0.39 is 0 Å². The van der Waals surface area contributed by atoms with Gasteiger partial charge < -0.3 is 4.74 Å². The summed E-state index contributed by atoms with van der Waals surface area (Å²) in [5.41, 5.74) is 0. The summed E-state index contributed by atoms with van der Waals surface area (Å²) in [5.74, 6) is 2.04. The van der Waals surface area contributed by atoms with Crippen LogP contribution in [0.25, 0.3) is 0 Å². The van der Waals surface area contributed by atoms with Crippen molar-refractivity contribution in [3.63, 3.8) is 0 Å². The van der Waals surface area contributed by atoms with Crippen LogP contribution in [0.4, 0.5) is 0 Å². The van der Waals surface area contributed by atoms with Crippen LogP contribution in [-0.4, -0.2) is 9.97 Å². The summed E-state index contributed by atoms with van der Waals surface area (Å²) in [6.45, 7) is 2.00. The van der Waals surface area contributed by atoms with Gasteiger partial charge in [-0.1, -0.05) is 28.9 Å². The van der Waals surface area contributed by atoms with E-state index in [2.05, 4.69) is 41.8 Å². The Bertz CT molecular complexity index is 532. The van der Waals surface area contributed by atoms with Crippen LogP contribution < -0.4 is 4.74 Å². The zero-order chi connectivity index (χ0) is 12.3. The molecule has 0 bridgehead atoms. The van der Waals surface area contributed by atoms with Crippen LogP contribution in [0.1, 0.15) is 12.7 Å². The van der Waals surface area contributed by atoms with E-state index in [0.717, 1.165) is 27.1 Å². The highest BCUT2D eigenvalue weighted by atomic mass is 79.9. The van der Waals surface area contributed by atoms with Crippen molar-refractivity contribution in [2.75, 3.05) is 0 Å². The van der Waals surface area contributed by atoms with Crippen LogP contribution in [0.15, 0.2) is 39.4 Å². The van der Waals surface area contributed by atoms with E-state index in [9.17, 15) is 0 Å². The summed E-state index contributed by atoms with van der Waals surface area (Å²) in [7, 11) is 0. The van der Waals surface area contributed by atoms with Gasteiger partial charge in [0.2, 0.25) is 5.88 Å². The molecule has 1 aromatic carbocycles. The Morgan fingerprint density at radius 1 is 1.18 bits per heavy atom. The maximum absolute atomic E-state index is 5.67. The number of nitrogens with zero attached hydrogens (tertiary/aromatic N) is 2. The molecule has 88 valence electrons. The average molecular weight is 358 g/mol. The number of hydrogen-bond acceptors (Lipinski definition) is 3. The lowest BCUT2D eigenvalue weighted by molar-refractivity contribution is 0.457. The first kappa shape index (κ1) is 12.5. The van der Waals surface area contributed by atoms with Crippen molar-refractivity contribution in [2.45, 2.75) is 13.3 Å². The Morgan fingerprint density at radius 3 is 2.71 bits per heavy atom. The molecule has 0 amide bonds. The lowest BCUT2D eigenvalue weighted by Crippen LogP contribution is -1.96. The molecule has 0 aliphatic rings. The largest absolute Gasteiger partial charge is 0.439 e. The standard InChI is InChI=1S/C12H10Br2N2O/c1-2-11-15-10(14)7-12(16-11)17-9-5-3-4-8(13)6-9/h3-7H,2H2,1H3. The van der Waals surface area contributed by atoms with Gasteiger partial charge in [0, 0.05) is 17.0 Å². The third-order valence-electron chi connectivity index (χ3n) is 2.05. The van der Waals surface area contributed by atoms with Crippen molar-refractivity contribution < 1.29 is 4.74 Å². The third-order valence-corrected chi connectivity index (χ3v) is 2.95. The van der Waals surface area contributed by atoms with Gasteiger partial charge in [-0.2, -0.15) is 4.98 Å². The topological polar surface area (TPSA) is 35.0 Å². The highest BCUT2D eigenvalue weighted by molar-refractivity contribution is 9.10. The van der Waals surface area contributed by atoms with E-state index in [1.54, 1.807) is 6.07 Å². The maximum Gasteiger partial charge on any atom is 0.223 e. The van der Waals surface area contributed by atoms with Crippen molar-refractivity contribution in [3.05, 3.63) is 45.2 Å². The van der Waals surface area contributed by atoms with E-state index in [-0.39, 0.29) is 0 Å². The fourth-order valence-electron chi connectivity index (χ4n) is 1.30. The molecule has 0 saturated carbocycles. The number of rotatable bonds is 3. The van der Waals surface area contributed by atoms with Gasteiger partial charge >= 0.3 is 0 Å². The molecule has 0 aliphatic heterocycles. The Balaban J connectivity index is 2.26. The van der Waals surface area contributed by atoms with Crippen molar-refractivity contribution >= 4 is 31.9 Å². The molecule has 0 aliphatic carbocycles. The van der Waals surface area contributed by atoms with Gasteiger partial charge in [-0.15, -0.1) is 0 Å². The lowest BCUT2D eigenvalue weighted by Gasteiger charge is -2.06. The first-order valence-corrected chi connectivity index (χ1v) is 6.73. The summed E-state index contributed by atoms with van der Waals surface area (Å²) in [5, 5.41) is 0. The van der Waals surface area contributed by atoms with Gasteiger partial charge in [0.15, 0.2) is 0 Å². The maximum atomic E-state index is 5.67. The zero-order valence-corrected chi connectivity index (χ0v) is 12.3. The predicted octanol–water partition coefficient (Wildman–Crippen LogP) is 4.36. The molecule has 5 heteroatoms. The SMILES string of the molecule is CCc1nc(Br)cc(Oc2cccc(Br)c2)n1. The minimum Gasteiger partial charge on any atom is -0.439 e. The molecule has 0 saturated heterocycles. The summed E-state index contributed by atoms with van der Waals surface area (Å²) < 4.78 is 7.37. The van der Waals surface area contributed by atoms with E-state index >= 15 is 0 Å². The van der Waals surface area contributed by atoms with E-state index in [1.165, 1.54) is 0 Å². The quantitative estimate of drug-likeness (QED) is 0.765. The fraction of sp³-hybridized carbons (Fsp3) is 0.167. The molecule has 1 heterocycles. The zero-order valence-electron chi connectivity index (χ0n) is 9.15. The van der Waals surface area contributed by atoms with Crippen LogP contribution in [-0.2, 0) is 6.42 Å². The lowest BCUT2D eigenvalue weighted by atomic mass is 10.3. The van der Waals surface area contributed by atoms with Crippen LogP contribution in [0, 0.1) is 0 Å². The predicted molar refractivity (Wildman–Crippen MR) is 73.3 cm³/mol. The van der Waals surface area contributed by atoms with Gasteiger partial charge in [0.1, 0.15) is 16.2 Å². The van der Waals surface area contributed by atoms with Gasteiger partial charge in [0.25, 0.3) is 0 Å². The number of ether oxygens (including phenoxy) is 1. The fourth-order valence-corrected chi connectivity index (χ4v) is 2.08. The second-order valence-corrected chi connectivity index (χ2v) is 5.09. The first-order valence-electron chi connectivity index (χ1n) is 5.14. The van der Waals surface area contributed by atoms with E-state index in [4.69, 9.17) is 4.74 Å². The molecule has 2 aromatic rings. The molecule has 3 nitrogen and oxygen atoms in total. The molecule has 2 rings (SSSR count). The molecule has 1 aromatic heterocycles. The van der Waals surface area contributed by atoms with Crippen LogP contribution in [0.3, 0.4) is 0 Å². The van der Waals surface area contributed by atoms with Gasteiger partial charge in [0.05, 0.1) is 0 Å². The molecule has 0 atom stereocenters. The molecule has 0 radical (unpaired) electrons. The minimum atomic E-state index is 0.543. The number of hydrogen-bond donors (Lipinski definition) is 0. The number of benzene rings is 1. The molecule has 17 heavy (non-hydrogen) atoms. The molecule has 0 spiro atoms. The molecular formula is C12H10Br2N2O. The molecular weight excluding hydrogens is 348 g/mol. The normalized spacial score (nSPS) is 10.3. The van der Waals surface area contributed by atoms with Crippen molar-refractivity contribution in [1.29, 1.82) is 0 Å². The highest BCUT2D eigenvalue weighted by Gasteiger charge is 2.04. The Kier molecular flexibility index (Phi) is 4.12. The first-order chi connectivity index (χ1) is 8.17.